The van der Waals surface area contributed by atoms with Crippen molar-refractivity contribution in [3.8, 4) is 0 Å². The van der Waals surface area contributed by atoms with Crippen molar-refractivity contribution >= 4 is 5.91 Å². The molecule has 4 heteroatoms. The Morgan fingerprint density at radius 1 is 1.26 bits per heavy atom. The number of piperidine rings is 1. The predicted octanol–water partition coefficient (Wildman–Crippen LogP) is 1.99. The quantitative estimate of drug-likeness (QED) is 0.904. The van der Waals surface area contributed by atoms with Crippen molar-refractivity contribution in [2.45, 2.75) is 25.7 Å². The lowest BCUT2D eigenvalue weighted by Crippen LogP contribution is -2.39. The van der Waals surface area contributed by atoms with E-state index >= 15 is 0 Å². The average molecular weight is 265 g/mol. The fourth-order valence-corrected chi connectivity index (χ4v) is 2.43. The van der Waals surface area contributed by atoms with E-state index in [-0.39, 0.29) is 18.3 Å². The van der Waals surface area contributed by atoms with E-state index in [0.29, 0.717) is 18.8 Å². The van der Waals surface area contributed by atoms with Crippen molar-refractivity contribution in [2.75, 3.05) is 19.7 Å². The number of carbonyl (C=O) groups is 1. The molecule has 1 aliphatic rings. The van der Waals surface area contributed by atoms with Crippen molar-refractivity contribution in [3.63, 3.8) is 0 Å². The summed E-state index contributed by atoms with van der Waals surface area (Å²) < 4.78 is 12.8. The molecule has 1 aromatic carbocycles. The minimum atomic E-state index is -0.249. The Hall–Kier alpha value is -1.42. The Bertz CT molecular complexity index is 411. The van der Waals surface area contributed by atoms with E-state index < -0.39 is 0 Å². The number of aryl methyl sites for hydroxylation is 1. The Kier molecular flexibility index (Phi) is 4.91. The smallest absolute Gasteiger partial charge is 0.222 e. The van der Waals surface area contributed by atoms with E-state index in [1.54, 1.807) is 12.1 Å². The first-order valence-electron chi connectivity index (χ1n) is 6.82. The fourth-order valence-electron chi connectivity index (χ4n) is 2.43. The van der Waals surface area contributed by atoms with E-state index in [4.69, 9.17) is 5.11 Å². The van der Waals surface area contributed by atoms with Crippen LogP contribution in [0.4, 0.5) is 4.39 Å². The summed E-state index contributed by atoms with van der Waals surface area (Å²) in [5, 5.41) is 9.06. The molecule has 0 radical (unpaired) electrons. The van der Waals surface area contributed by atoms with Crippen LogP contribution < -0.4 is 0 Å². The maximum absolute atomic E-state index is 12.8. The lowest BCUT2D eigenvalue weighted by atomic mass is 9.97. The summed E-state index contributed by atoms with van der Waals surface area (Å²) in [6.07, 6.45) is 2.89. The maximum Gasteiger partial charge on any atom is 0.222 e. The summed E-state index contributed by atoms with van der Waals surface area (Å²) in [6, 6.07) is 6.29. The summed E-state index contributed by atoms with van der Waals surface area (Å²) in [6.45, 7) is 1.71. The third kappa shape index (κ3) is 4.03. The van der Waals surface area contributed by atoms with Crippen LogP contribution in [-0.4, -0.2) is 35.6 Å². The van der Waals surface area contributed by atoms with Crippen LogP contribution in [-0.2, 0) is 11.2 Å². The highest BCUT2D eigenvalue weighted by atomic mass is 19.1. The molecule has 104 valence electrons. The van der Waals surface area contributed by atoms with E-state index in [9.17, 15) is 9.18 Å². The predicted molar refractivity (Wildman–Crippen MR) is 71.1 cm³/mol. The van der Waals surface area contributed by atoms with Gasteiger partial charge in [0.25, 0.3) is 0 Å². The second-order valence-corrected chi connectivity index (χ2v) is 5.13. The van der Waals surface area contributed by atoms with Gasteiger partial charge in [-0.3, -0.25) is 4.79 Å². The summed E-state index contributed by atoms with van der Waals surface area (Å²) in [5.74, 6) is 0.253. The zero-order valence-electron chi connectivity index (χ0n) is 11.0. The molecule has 1 heterocycles. The molecule has 0 saturated carbocycles. The third-order valence-corrected chi connectivity index (χ3v) is 3.77. The lowest BCUT2D eigenvalue weighted by Gasteiger charge is -2.31. The summed E-state index contributed by atoms with van der Waals surface area (Å²) in [5.41, 5.74) is 0.986. The fraction of sp³-hybridized carbons (Fsp3) is 0.533. The van der Waals surface area contributed by atoms with E-state index in [1.807, 2.05) is 4.90 Å². The molecule has 1 saturated heterocycles. The Balaban J connectivity index is 1.77. The average Bonchev–Trinajstić information content (AvgIpc) is 2.46. The van der Waals surface area contributed by atoms with Gasteiger partial charge in [0.1, 0.15) is 5.82 Å². The molecule has 1 N–H and O–H groups in total. The number of nitrogens with zero attached hydrogens (tertiary/aromatic N) is 1. The van der Waals surface area contributed by atoms with Crippen molar-refractivity contribution in [3.05, 3.63) is 35.6 Å². The first-order chi connectivity index (χ1) is 9.19. The molecular formula is C15H20FNO2. The molecule has 0 aliphatic carbocycles. The van der Waals surface area contributed by atoms with Crippen molar-refractivity contribution in [1.82, 2.24) is 4.90 Å². The van der Waals surface area contributed by atoms with Crippen LogP contribution in [0.5, 0.6) is 0 Å². The van der Waals surface area contributed by atoms with Crippen LogP contribution in [0.25, 0.3) is 0 Å². The van der Waals surface area contributed by atoms with E-state index in [0.717, 1.165) is 31.5 Å². The molecule has 0 aromatic heterocycles. The molecule has 0 atom stereocenters. The summed E-state index contributed by atoms with van der Waals surface area (Å²) in [4.78, 5) is 13.9. The highest BCUT2D eigenvalue weighted by Gasteiger charge is 2.21. The molecule has 0 spiro atoms. The largest absolute Gasteiger partial charge is 0.396 e. The van der Waals surface area contributed by atoms with Crippen LogP contribution in [0.3, 0.4) is 0 Å². The second kappa shape index (κ2) is 6.66. The van der Waals surface area contributed by atoms with Crippen molar-refractivity contribution in [1.29, 1.82) is 0 Å². The highest BCUT2D eigenvalue weighted by molar-refractivity contribution is 5.76. The maximum atomic E-state index is 12.8. The van der Waals surface area contributed by atoms with Gasteiger partial charge in [-0.1, -0.05) is 12.1 Å². The SMILES string of the molecule is O=C(CCc1ccc(F)cc1)N1CCC(CO)CC1. The van der Waals surface area contributed by atoms with Gasteiger partial charge in [0.15, 0.2) is 0 Å². The number of hydrogen-bond acceptors (Lipinski definition) is 2. The van der Waals surface area contributed by atoms with Gasteiger partial charge >= 0.3 is 0 Å². The molecule has 1 aliphatic heterocycles. The first kappa shape index (κ1) is 14.0. The molecule has 2 rings (SSSR count). The molecule has 19 heavy (non-hydrogen) atoms. The normalized spacial score (nSPS) is 16.6. The number of hydrogen-bond donors (Lipinski definition) is 1. The zero-order chi connectivity index (χ0) is 13.7. The van der Waals surface area contributed by atoms with Crippen LogP contribution in [0.2, 0.25) is 0 Å². The number of amides is 1. The minimum absolute atomic E-state index is 0.153. The topological polar surface area (TPSA) is 40.5 Å². The van der Waals surface area contributed by atoms with E-state index in [2.05, 4.69) is 0 Å². The summed E-state index contributed by atoms with van der Waals surface area (Å²) >= 11 is 0. The van der Waals surface area contributed by atoms with Crippen molar-refractivity contribution in [2.24, 2.45) is 5.92 Å². The number of likely N-dealkylation sites (tertiary alicyclic amines) is 1. The number of aliphatic hydroxyl groups is 1. The molecule has 0 unspecified atom stereocenters. The number of benzene rings is 1. The Morgan fingerprint density at radius 3 is 2.47 bits per heavy atom. The number of aliphatic hydroxyl groups excluding tert-OH is 1. The van der Waals surface area contributed by atoms with Crippen molar-refractivity contribution < 1.29 is 14.3 Å². The molecule has 0 bridgehead atoms. The number of rotatable bonds is 4. The van der Waals surface area contributed by atoms with Gasteiger partial charge in [-0.15, -0.1) is 0 Å². The van der Waals surface area contributed by atoms with Gasteiger partial charge < -0.3 is 10.0 Å². The molecule has 1 amide bonds. The Labute approximate surface area is 113 Å². The Morgan fingerprint density at radius 2 is 1.89 bits per heavy atom. The highest BCUT2D eigenvalue weighted by Crippen LogP contribution is 2.17. The molecular weight excluding hydrogens is 245 g/mol. The third-order valence-electron chi connectivity index (χ3n) is 3.77. The van der Waals surface area contributed by atoms with Gasteiger partial charge in [-0.25, -0.2) is 4.39 Å². The van der Waals surface area contributed by atoms with E-state index in [1.165, 1.54) is 12.1 Å². The standard InChI is InChI=1S/C15H20FNO2/c16-14-4-1-12(2-5-14)3-6-15(19)17-9-7-13(11-18)8-10-17/h1-2,4-5,13,18H,3,6-11H2. The number of carbonyl (C=O) groups excluding carboxylic acids is 1. The zero-order valence-corrected chi connectivity index (χ0v) is 11.0. The minimum Gasteiger partial charge on any atom is -0.396 e. The molecule has 3 nitrogen and oxygen atoms in total. The van der Waals surface area contributed by atoms with Crippen LogP contribution in [0, 0.1) is 11.7 Å². The van der Waals surface area contributed by atoms with Gasteiger partial charge in [-0.05, 0) is 42.9 Å². The first-order valence-corrected chi connectivity index (χ1v) is 6.82. The molecule has 1 aromatic rings. The lowest BCUT2D eigenvalue weighted by molar-refractivity contribution is -0.132. The van der Waals surface area contributed by atoms with Gasteiger partial charge in [0.2, 0.25) is 5.91 Å². The molecule has 1 fully saturated rings. The van der Waals surface area contributed by atoms with Crippen LogP contribution in [0.15, 0.2) is 24.3 Å². The van der Waals surface area contributed by atoms with Crippen LogP contribution in [0.1, 0.15) is 24.8 Å². The second-order valence-electron chi connectivity index (χ2n) is 5.13. The van der Waals surface area contributed by atoms with Gasteiger partial charge in [0.05, 0.1) is 0 Å². The van der Waals surface area contributed by atoms with Gasteiger partial charge in [0, 0.05) is 26.1 Å². The number of halogens is 1. The van der Waals surface area contributed by atoms with Gasteiger partial charge in [-0.2, -0.15) is 0 Å². The summed E-state index contributed by atoms with van der Waals surface area (Å²) in [7, 11) is 0. The monoisotopic (exact) mass is 265 g/mol. The van der Waals surface area contributed by atoms with Crippen LogP contribution >= 0.6 is 0 Å².